The zero-order valence-electron chi connectivity index (χ0n) is 13.1. The van der Waals surface area contributed by atoms with E-state index in [9.17, 15) is 9.59 Å². The van der Waals surface area contributed by atoms with Crippen LogP contribution in [0.1, 0.15) is 5.69 Å². The summed E-state index contributed by atoms with van der Waals surface area (Å²) in [6.07, 6.45) is 0.780. The number of pyridine rings is 1. The van der Waals surface area contributed by atoms with Gasteiger partial charge in [-0.3, -0.25) is 9.20 Å². The second kappa shape index (κ2) is 6.27. The van der Waals surface area contributed by atoms with Gasteiger partial charge >= 0.3 is 5.97 Å². The van der Waals surface area contributed by atoms with E-state index >= 15 is 0 Å². The molecule has 0 saturated carbocycles. The summed E-state index contributed by atoms with van der Waals surface area (Å²) < 4.78 is 17.7. The molecule has 4 rings (SSSR count). The molecule has 0 amide bonds. The van der Waals surface area contributed by atoms with Gasteiger partial charge in [0.1, 0.15) is 18.9 Å². The summed E-state index contributed by atoms with van der Waals surface area (Å²) in [6.45, 7) is -0.0371. The fourth-order valence-electron chi connectivity index (χ4n) is 2.55. The maximum Gasteiger partial charge on any atom is 0.351 e. The Balaban J connectivity index is 1.45. The Morgan fingerprint density at radius 2 is 2.00 bits per heavy atom. The molecule has 1 aliphatic rings. The normalized spacial score (nSPS) is 15.8. The minimum Gasteiger partial charge on any atom is -0.485 e. The highest BCUT2D eigenvalue weighted by molar-refractivity contribution is 5.76. The van der Waals surface area contributed by atoms with Crippen molar-refractivity contribution < 1.29 is 19.0 Å². The zero-order chi connectivity index (χ0) is 17.2. The van der Waals surface area contributed by atoms with Crippen LogP contribution in [0.4, 0.5) is 0 Å². The van der Waals surface area contributed by atoms with E-state index in [-0.39, 0.29) is 18.8 Å². The van der Waals surface area contributed by atoms with Crippen molar-refractivity contribution in [3.63, 3.8) is 0 Å². The summed E-state index contributed by atoms with van der Waals surface area (Å²) in [6, 6.07) is 13.7. The van der Waals surface area contributed by atoms with Crippen LogP contribution in [0.15, 0.2) is 59.5 Å². The molecule has 0 fully saturated rings. The molecular weight excluding hydrogens is 324 g/mol. The van der Waals surface area contributed by atoms with Crippen LogP contribution in [0.2, 0.25) is 0 Å². The molecule has 0 aliphatic carbocycles. The molecule has 1 aliphatic heterocycles. The highest BCUT2D eigenvalue weighted by atomic mass is 16.6. The quantitative estimate of drug-likeness (QED) is 0.675. The number of hydrogen-bond acceptors (Lipinski definition) is 6. The van der Waals surface area contributed by atoms with Crippen molar-refractivity contribution in [2.24, 2.45) is 0 Å². The smallest absolute Gasteiger partial charge is 0.351 e. The van der Waals surface area contributed by atoms with Gasteiger partial charge in [-0.2, -0.15) is 0 Å². The molecule has 0 spiro atoms. The number of hydrogen-bond donors (Lipinski definition) is 0. The molecule has 3 heterocycles. The fourth-order valence-corrected chi connectivity index (χ4v) is 2.55. The summed E-state index contributed by atoms with van der Waals surface area (Å²) in [5.74, 6) is 0.526. The Morgan fingerprint density at radius 3 is 2.88 bits per heavy atom. The zero-order valence-corrected chi connectivity index (χ0v) is 13.1. The van der Waals surface area contributed by atoms with Crippen molar-refractivity contribution in [1.82, 2.24) is 9.38 Å². The molecule has 0 unspecified atom stereocenters. The molecule has 25 heavy (non-hydrogen) atoms. The van der Waals surface area contributed by atoms with Crippen molar-refractivity contribution in [3.8, 4) is 11.5 Å². The van der Waals surface area contributed by atoms with Crippen molar-refractivity contribution in [3.05, 3.63) is 70.8 Å². The highest BCUT2D eigenvalue weighted by Crippen LogP contribution is 2.31. The van der Waals surface area contributed by atoms with Gasteiger partial charge in [-0.1, -0.05) is 18.2 Å². The minimum absolute atomic E-state index is 0.0731. The van der Waals surface area contributed by atoms with Crippen molar-refractivity contribution in [2.75, 3.05) is 6.61 Å². The Morgan fingerprint density at radius 1 is 1.20 bits per heavy atom. The number of aromatic nitrogens is 2. The van der Waals surface area contributed by atoms with Crippen LogP contribution >= 0.6 is 0 Å². The minimum atomic E-state index is -0.851. The average Bonchev–Trinajstić information content (AvgIpc) is 2.66. The molecule has 3 aromatic rings. The van der Waals surface area contributed by atoms with E-state index in [1.54, 1.807) is 42.6 Å². The fraction of sp³-hybridized carbons (Fsp3) is 0.167. The average molecular weight is 338 g/mol. The second-order valence-electron chi connectivity index (χ2n) is 5.49. The number of rotatable bonds is 3. The van der Waals surface area contributed by atoms with Crippen LogP contribution in [-0.2, 0) is 16.1 Å². The Hall–Kier alpha value is -3.35. The number of para-hydroxylation sites is 2. The number of benzene rings is 1. The predicted molar refractivity (Wildman–Crippen MR) is 87.6 cm³/mol. The van der Waals surface area contributed by atoms with E-state index in [1.165, 1.54) is 10.5 Å². The molecule has 7 heteroatoms. The van der Waals surface area contributed by atoms with Crippen LogP contribution < -0.4 is 15.0 Å². The van der Waals surface area contributed by atoms with E-state index in [4.69, 9.17) is 14.2 Å². The van der Waals surface area contributed by atoms with Gasteiger partial charge in [0.2, 0.25) is 6.10 Å². The van der Waals surface area contributed by atoms with E-state index in [0.717, 1.165) is 0 Å². The molecule has 126 valence electrons. The van der Waals surface area contributed by atoms with E-state index in [1.807, 2.05) is 6.07 Å². The van der Waals surface area contributed by atoms with Crippen molar-refractivity contribution in [1.29, 1.82) is 0 Å². The molecule has 0 radical (unpaired) electrons. The van der Waals surface area contributed by atoms with Crippen LogP contribution in [0, 0.1) is 0 Å². The van der Waals surface area contributed by atoms with Crippen LogP contribution in [0.25, 0.3) is 5.65 Å². The third kappa shape index (κ3) is 3.03. The summed E-state index contributed by atoms with van der Waals surface area (Å²) in [5, 5.41) is 0. The Kier molecular flexibility index (Phi) is 3.81. The van der Waals surface area contributed by atoms with Gasteiger partial charge in [0.25, 0.3) is 5.56 Å². The van der Waals surface area contributed by atoms with Gasteiger partial charge < -0.3 is 14.2 Å². The summed E-state index contributed by atoms with van der Waals surface area (Å²) in [4.78, 5) is 28.5. The molecule has 1 aromatic carbocycles. The standard InChI is InChI=1S/C18H14N2O5/c21-17-9-12(19-16-7-3-4-8-20(16)17)10-24-18(22)15-11-23-13-5-1-2-6-14(13)25-15/h1-9,15H,10-11H2/t15-/m0/s1. The van der Waals surface area contributed by atoms with Gasteiger partial charge in [0, 0.05) is 12.3 Å². The third-order valence-corrected chi connectivity index (χ3v) is 3.76. The summed E-state index contributed by atoms with van der Waals surface area (Å²) in [5.41, 5.74) is 0.636. The lowest BCUT2D eigenvalue weighted by atomic mass is 10.2. The van der Waals surface area contributed by atoms with Gasteiger partial charge in [-0.25, -0.2) is 9.78 Å². The molecule has 1 atom stereocenters. The van der Waals surface area contributed by atoms with Gasteiger partial charge in [0.15, 0.2) is 11.5 Å². The maximum absolute atomic E-state index is 12.2. The first-order chi connectivity index (χ1) is 12.2. The van der Waals surface area contributed by atoms with Crippen LogP contribution in [0.5, 0.6) is 11.5 Å². The van der Waals surface area contributed by atoms with Crippen LogP contribution in [-0.4, -0.2) is 28.1 Å². The van der Waals surface area contributed by atoms with Crippen molar-refractivity contribution >= 4 is 11.6 Å². The molecule has 7 nitrogen and oxygen atoms in total. The molecular formula is C18H14N2O5. The first-order valence-electron chi connectivity index (χ1n) is 7.73. The lowest BCUT2D eigenvalue weighted by Crippen LogP contribution is -2.37. The lowest BCUT2D eigenvalue weighted by molar-refractivity contribution is -0.156. The number of nitrogens with zero attached hydrogens (tertiary/aromatic N) is 2. The Bertz CT molecular complexity index is 998. The number of carbonyl (C=O) groups excluding carboxylic acids is 1. The van der Waals surface area contributed by atoms with E-state index in [2.05, 4.69) is 4.98 Å². The molecule has 0 saturated heterocycles. The SMILES string of the molecule is O=C(OCc1cc(=O)n2ccccc2n1)[C@@H]1COc2ccccc2O1. The Labute approximate surface area is 142 Å². The number of carbonyl (C=O) groups is 1. The van der Waals surface area contributed by atoms with E-state index < -0.39 is 12.1 Å². The van der Waals surface area contributed by atoms with Gasteiger partial charge in [-0.05, 0) is 24.3 Å². The largest absolute Gasteiger partial charge is 0.485 e. The lowest BCUT2D eigenvalue weighted by Gasteiger charge is -2.24. The topological polar surface area (TPSA) is 79.1 Å². The van der Waals surface area contributed by atoms with Gasteiger partial charge in [-0.15, -0.1) is 0 Å². The van der Waals surface area contributed by atoms with Crippen LogP contribution in [0.3, 0.4) is 0 Å². The highest BCUT2D eigenvalue weighted by Gasteiger charge is 2.28. The third-order valence-electron chi connectivity index (χ3n) is 3.76. The molecule has 0 bridgehead atoms. The summed E-state index contributed by atoms with van der Waals surface area (Å²) >= 11 is 0. The monoisotopic (exact) mass is 338 g/mol. The molecule has 2 aromatic heterocycles. The summed E-state index contributed by atoms with van der Waals surface area (Å²) in [7, 11) is 0. The number of esters is 1. The maximum atomic E-state index is 12.2. The number of fused-ring (bicyclic) bond motifs is 2. The predicted octanol–water partition coefficient (Wildman–Crippen LogP) is 1.58. The molecule has 0 N–H and O–H groups in total. The first kappa shape index (κ1) is 15.2. The van der Waals surface area contributed by atoms with Crippen molar-refractivity contribution in [2.45, 2.75) is 12.7 Å². The first-order valence-corrected chi connectivity index (χ1v) is 7.73. The second-order valence-corrected chi connectivity index (χ2v) is 5.49. The van der Waals surface area contributed by atoms with E-state index in [0.29, 0.717) is 22.8 Å². The number of ether oxygens (including phenoxy) is 3. The van der Waals surface area contributed by atoms with Gasteiger partial charge in [0.05, 0.1) is 5.69 Å².